The summed E-state index contributed by atoms with van der Waals surface area (Å²) < 4.78 is 30.1. The van der Waals surface area contributed by atoms with Crippen molar-refractivity contribution in [3.05, 3.63) is 0 Å². The summed E-state index contributed by atoms with van der Waals surface area (Å²) in [7, 11) is 4.17. The molecule has 0 bridgehead atoms. The van der Waals surface area contributed by atoms with E-state index in [9.17, 15) is 10.2 Å². The second kappa shape index (κ2) is 16.4. The van der Waals surface area contributed by atoms with E-state index in [0.29, 0.717) is 0 Å². The van der Waals surface area contributed by atoms with Gasteiger partial charge in [-0.05, 0) is 79.6 Å². The van der Waals surface area contributed by atoms with E-state index in [4.69, 9.17) is 0 Å². The zero-order chi connectivity index (χ0) is 29.3. The SMILES string of the molecule is CCCC(C(CC)N1CCC(O)CC1)C(N(C)C)S(=O)(=O)C(C(CCC)C(CC)N1CCC(O)CC1)N(C)C. The molecule has 2 saturated heterocycles. The molecule has 6 atom stereocenters. The number of rotatable bonds is 16. The quantitative estimate of drug-likeness (QED) is 0.290. The first-order chi connectivity index (χ1) is 18.4. The Labute approximate surface area is 241 Å². The molecule has 2 fully saturated rings. The Morgan fingerprint density at radius 1 is 0.667 bits per heavy atom. The zero-order valence-electron chi connectivity index (χ0n) is 26.4. The number of piperidine rings is 2. The predicted octanol–water partition coefficient (Wildman–Crippen LogP) is 3.48. The molecule has 0 saturated carbocycles. The Balaban J connectivity index is 2.53. The van der Waals surface area contributed by atoms with E-state index in [1.54, 1.807) is 0 Å². The molecule has 6 unspecified atom stereocenters. The average Bonchev–Trinajstić information content (AvgIpc) is 2.86. The molecule has 232 valence electrons. The number of hydrogen-bond acceptors (Lipinski definition) is 8. The highest BCUT2D eigenvalue weighted by Crippen LogP contribution is 2.37. The van der Waals surface area contributed by atoms with Crippen molar-refractivity contribution in [2.75, 3.05) is 54.4 Å². The molecule has 2 N–H and O–H groups in total. The molecule has 2 aliphatic rings. The van der Waals surface area contributed by atoms with Gasteiger partial charge in [-0.25, -0.2) is 8.42 Å². The van der Waals surface area contributed by atoms with Gasteiger partial charge in [0.15, 0.2) is 9.84 Å². The Morgan fingerprint density at radius 3 is 1.21 bits per heavy atom. The van der Waals surface area contributed by atoms with Crippen LogP contribution in [0.2, 0.25) is 0 Å². The van der Waals surface area contributed by atoms with Gasteiger partial charge in [-0.15, -0.1) is 0 Å². The maximum atomic E-state index is 15.1. The number of hydrogen-bond donors (Lipinski definition) is 2. The lowest BCUT2D eigenvalue weighted by molar-refractivity contribution is 0.0268. The van der Waals surface area contributed by atoms with Crippen molar-refractivity contribution in [3.63, 3.8) is 0 Å². The van der Waals surface area contributed by atoms with Gasteiger partial charge in [-0.1, -0.05) is 40.5 Å². The average molecular weight is 575 g/mol. The molecular weight excluding hydrogens is 512 g/mol. The first kappa shape index (κ1) is 34.9. The van der Waals surface area contributed by atoms with Crippen molar-refractivity contribution in [3.8, 4) is 0 Å². The normalized spacial score (nSPS) is 24.1. The molecule has 9 heteroatoms. The smallest absolute Gasteiger partial charge is 0.182 e. The summed E-state index contributed by atoms with van der Waals surface area (Å²) in [6.07, 6.45) is 7.96. The van der Waals surface area contributed by atoms with E-state index in [0.717, 1.165) is 90.4 Å². The van der Waals surface area contributed by atoms with Gasteiger partial charge in [0.25, 0.3) is 0 Å². The van der Waals surface area contributed by atoms with E-state index in [-0.39, 0.29) is 36.1 Å². The van der Waals surface area contributed by atoms with Crippen LogP contribution in [0.4, 0.5) is 0 Å². The third kappa shape index (κ3) is 8.85. The minimum Gasteiger partial charge on any atom is -0.393 e. The molecule has 2 heterocycles. The Morgan fingerprint density at radius 2 is 0.974 bits per heavy atom. The monoisotopic (exact) mass is 574 g/mol. The number of aliphatic hydroxyl groups is 2. The van der Waals surface area contributed by atoms with Crippen LogP contribution in [0.3, 0.4) is 0 Å². The van der Waals surface area contributed by atoms with Crippen molar-refractivity contribution < 1.29 is 18.6 Å². The largest absolute Gasteiger partial charge is 0.393 e. The minimum absolute atomic E-state index is 0.00909. The topological polar surface area (TPSA) is 87.6 Å². The van der Waals surface area contributed by atoms with Crippen LogP contribution in [0.1, 0.15) is 91.9 Å². The number of aliphatic hydroxyl groups excluding tert-OH is 2. The second-order valence-corrected chi connectivity index (χ2v) is 14.8. The van der Waals surface area contributed by atoms with Crippen LogP contribution in [0.5, 0.6) is 0 Å². The van der Waals surface area contributed by atoms with Gasteiger partial charge >= 0.3 is 0 Å². The Bertz CT molecular complexity index is 722. The summed E-state index contributed by atoms with van der Waals surface area (Å²) in [6, 6.07) is 0.329. The fourth-order valence-corrected chi connectivity index (χ4v) is 10.9. The lowest BCUT2D eigenvalue weighted by Crippen LogP contribution is -2.60. The molecule has 2 aliphatic heterocycles. The highest BCUT2D eigenvalue weighted by molar-refractivity contribution is 7.92. The van der Waals surface area contributed by atoms with Crippen LogP contribution in [0.15, 0.2) is 0 Å². The number of likely N-dealkylation sites (tertiary alicyclic amines) is 2. The molecule has 0 spiro atoms. The number of sulfone groups is 1. The lowest BCUT2D eigenvalue weighted by atomic mass is 9.88. The van der Waals surface area contributed by atoms with Crippen LogP contribution < -0.4 is 0 Å². The zero-order valence-corrected chi connectivity index (χ0v) is 27.2. The summed E-state index contributed by atoms with van der Waals surface area (Å²) in [5.41, 5.74) is 0. The van der Waals surface area contributed by atoms with Gasteiger partial charge in [0.1, 0.15) is 10.7 Å². The highest BCUT2D eigenvalue weighted by atomic mass is 32.2. The first-order valence-electron chi connectivity index (χ1n) is 15.8. The molecule has 8 nitrogen and oxygen atoms in total. The number of nitrogens with zero attached hydrogens (tertiary/aromatic N) is 4. The van der Waals surface area contributed by atoms with E-state index in [1.807, 2.05) is 38.0 Å². The fraction of sp³-hybridized carbons (Fsp3) is 1.00. The molecule has 0 radical (unpaired) electrons. The van der Waals surface area contributed by atoms with Gasteiger partial charge in [-0.2, -0.15) is 0 Å². The van der Waals surface area contributed by atoms with E-state index < -0.39 is 20.6 Å². The van der Waals surface area contributed by atoms with Crippen molar-refractivity contribution in [2.24, 2.45) is 11.8 Å². The summed E-state index contributed by atoms with van der Waals surface area (Å²) >= 11 is 0. The predicted molar refractivity (Wildman–Crippen MR) is 162 cm³/mol. The van der Waals surface area contributed by atoms with Crippen LogP contribution >= 0.6 is 0 Å². The van der Waals surface area contributed by atoms with Gasteiger partial charge in [0, 0.05) is 50.1 Å². The molecule has 39 heavy (non-hydrogen) atoms. The third-order valence-electron chi connectivity index (χ3n) is 9.43. The summed E-state index contributed by atoms with van der Waals surface area (Å²) in [4.78, 5) is 8.88. The van der Waals surface area contributed by atoms with Crippen LogP contribution in [0, 0.1) is 11.8 Å². The standard InChI is InChI=1S/C30H62N4O4S/c1-9-13-25(27(11-3)33-19-15-23(35)16-20-33)29(31(5)6)39(37,38)30(32(7)8)26(14-10-2)28(12-4)34-21-17-24(36)18-22-34/h23-30,35-36H,9-22H2,1-8H3. The molecule has 0 aliphatic carbocycles. The van der Waals surface area contributed by atoms with Crippen LogP contribution in [0.25, 0.3) is 0 Å². The maximum Gasteiger partial charge on any atom is 0.182 e. The van der Waals surface area contributed by atoms with E-state index in [1.165, 1.54) is 0 Å². The minimum atomic E-state index is -3.61. The maximum absolute atomic E-state index is 15.1. The molecular formula is C30H62N4O4S. The van der Waals surface area contributed by atoms with Gasteiger partial charge in [0.05, 0.1) is 12.2 Å². The third-order valence-corrected chi connectivity index (χ3v) is 12.3. The lowest BCUT2D eigenvalue weighted by Gasteiger charge is -2.48. The van der Waals surface area contributed by atoms with E-state index >= 15 is 8.42 Å². The van der Waals surface area contributed by atoms with Gasteiger partial charge in [-0.3, -0.25) is 19.6 Å². The van der Waals surface area contributed by atoms with Crippen molar-refractivity contribution in [2.45, 2.75) is 127 Å². The molecule has 0 aromatic carbocycles. The summed E-state index contributed by atoms with van der Waals surface area (Å²) in [6.45, 7) is 12.0. The summed E-state index contributed by atoms with van der Waals surface area (Å²) in [5, 5.41) is 19.1. The van der Waals surface area contributed by atoms with Crippen molar-refractivity contribution in [1.82, 2.24) is 19.6 Å². The molecule has 0 aromatic heterocycles. The van der Waals surface area contributed by atoms with Gasteiger partial charge in [0.2, 0.25) is 0 Å². The fourth-order valence-electron chi connectivity index (χ4n) is 7.80. The van der Waals surface area contributed by atoms with Crippen LogP contribution in [-0.4, -0.2) is 128 Å². The first-order valence-corrected chi connectivity index (χ1v) is 17.4. The van der Waals surface area contributed by atoms with Gasteiger partial charge < -0.3 is 10.2 Å². The Kier molecular flexibility index (Phi) is 14.7. The van der Waals surface area contributed by atoms with Crippen LogP contribution in [-0.2, 0) is 9.84 Å². The van der Waals surface area contributed by atoms with Crippen molar-refractivity contribution in [1.29, 1.82) is 0 Å². The summed E-state index contributed by atoms with van der Waals surface area (Å²) in [5.74, 6) is -0.0182. The molecule has 0 aromatic rings. The molecule has 2 rings (SSSR count). The van der Waals surface area contributed by atoms with Crippen molar-refractivity contribution >= 4 is 9.84 Å². The Hall–Kier alpha value is -0.290. The second-order valence-electron chi connectivity index (χ2n) is 12.7. The van der Waals surface area contributed by atoms with E-state index in [2.05, 4.69) is 37.5 Å². The highest BCUT2D eigenvalue weighted by Gasteiger charge is 2.49. The molecule has 0 amide bonds.